The lowest BCUT2D eigenvalue weighted by molar-refractivity contribution is 0.122. The predicted molar refractivity (Wildman–Crippen MR) is 96.6 cm³/mol. The van der Waals surface area contributed by atoms with Crippen LogP contribution in [0.5, 0.6) is 0 Å². The summed E-state index contributed by atoms with van der Waals surface area (Å²) < 4.78 is 6.23. The van der Waals surface area contributed by atoms with Crippen LogP contribution in [0.4, 0.5) is 11.6 Å². The number of anilines is 2. The van der Waals surface area contributed by atoms with Gasteiger partial charge >= 0.3 is 0 Å². The van der Waals surface area contributed by atoms with Crippen molar-refractivity contribution >= 4 is 33.1 Å². The number of nitrogens with one attached hydrogen (secondary N) is 1. The van der Waals surface area contributed by atoms with Gasteiger partial charge in [-0.3, -0.25) is 4.98 Å². The Morgan fingerprint density at radius 1 is 1.16 bits per heavy atom. The van der Waals surface area contributed by atoms with Crippen molar-refractivity contribution < 1.29 is 9.84 Å². The first kappa shape index (κ1) is 16.2. The third-order valence-corrected chi connectivity index (χ3v) is 4.57. The second-order valence-electron chi connectivity index (χ2n) is 5.70. The monoisotopic (exact) mass is 404 g/mol. The zero-order valence-electron chi connectivity index (χ0n) is 13.3. The van der Waals surface area contributed by atoms with Crippen LogP contribution in [0.2, 0.25) is 0 Å². The van der Waals surface area contributed by atoms with Gasteiger partial charge in [-0.1, -0.05) is 0 Å². The van der Waals surface area contributed by atoms with Gasteiger partial charge in [0.25, 0.3) is 0 Å². The van der Waals surface area contributed by atoms with E-state index in [1.54, 1.807) is 23.6 Å². The van der Waals surface area contributed by atoms with Crippen molar-refractivity contribution in [2.24, 2.45) is 0 Å². The number of morpholine rings is 1. The highest BCUT2D eigenvalue weighted by molar-refractivity contribution is 9.10. The van der Waals surface area contributed by atoms with Crippen LogP contribution in [0.25, 0.3) is 5.57 Å². The van der Waals surface area contributed by atoms with Gasteiger partial charge in [0.15, 0.2) is 12.0 Å². The van der Waals surface area contributed by atoms with Crippen LogP contribution in [0.15, 0.2) is 41.5 Å². The number of hydrazine groups is 1. The Hall–Kier alpha value is -2.23. The molecule has 9 heteroatoms. The molecule has 4 heterocycles. The standard InChI is InChI=1S/C16H17BrN6O2/c17-12-5-11(7-18-8-12)13-9-21-23(16(13)24)15-6-14(19-10-20-15)22-1-3-25-4-2-22/h5-10,16,21,24H,1-4H2. The van der Waals surface area contributed by atoms with Gasteiger partial charge in [0.2, 0.25) is 0 Å². The summed E-state index contributed by atoms with van der Waals surface area (Å²) in [6.07, 6.45) is 5.81. The molecule has 0 radical (unpaired) electrons. The second-order valence-corrected chi connectivity index (χ2v) is 6.61. The Morgan fingerprint density at radius 3 is 2.76 bits per heavy atom. The third-order valence-electron chi connectivity index (χ3n) is 4.14. The van der Waals surface area contributed by atoms with Gasteiger partial charge in [-0.2, -0.15) is 0 Å². The number of hydrogen-bond donors (Lipinski definition) is 2. The lowest BCUT2D eigenvalue weighted by atomic mass is 10.1. The van der Waals surface area contributed by atoms with Crippen molar-refractivity contribution in [2.45, 2.75) is 6.23 Å². The molecule has 130 valence electrons. The SMILES string of the molecule is OC1C(c2cncc(Br)c2)=CNN1c1cc(N2CCOCC2)ncn1. The zero-order chi connectivity index (χ0) is 17.2. The molecule has 1 unspecified atom stereocenters. The average Bonchev–Trinajstić information content (AvgIpc) is 3.04. The number of nitrogens with zero attached hydrogens (tertiary/aromatic N) is 5. The summed E-state index contributed by atoms with van der Waals surface area (Å²) in [6.45, 7) is 2.95. The Kier molecular flexibility index (Phi) is 4.51. The summed E-state index contributed by atoms with van der Waals surface area (Å²) in [4.78, 5) is 14.9. The summed E-state index contributed by atoms with van der Waals surface area (Å²) in [5.41, 5.74) is 4.62. The Balaban J connectivity index is 1.55. The van der Waals surface area contributed by atoms with E-state index in [4.69, 9.17) is 4.74 Å². The quantitative estimate of drug-likeness (QED) is 0.787. The fourth-order valence-corrected chi connectivity index (χ4v) is 3.22. The summed E-state index contributed by atoms with van der Waals surface area (Å²) >= 11 is 3.40. The molecule has 1 saturated heterocycles. The molecule has 0 aliphatic carbocycles. The fourth-order valence-electron chi connectivity index (χ4n) is 2.85. The first-order valence-electron chi connectivity index (χ1n) is 7.91. The average molecular weight is 405 g/mol. The van der Waals surface area contributed by atoms with E-state index in [1.807, 2.05) is 12.1 Å². The highest BCUT2D eigenvalue weighted by atomic mass is 79.9. The van der Waals surface area contributed by atoms with E-state index in [1.165, 1.54) is 6.33 Å². The van der Waals surface area contributed by atoms with Crippen LogP contribution in [0, 0.1) is 0 Å². The maximum Gasteiger partial charge on any atom is 0.175 e. The van der Waals surface area contributed by atoms with Crippen LogP contribution >= 0.6 is 15.9 Å². The van der Waals surface area contributed by atoms with Gasteiger partial charge in [-0.05, 0) is 22.0 Å². The summed E-state index contributed by atoms with van der Waals surface area (Å²) in [5, 5.41) is 12.3. The molecule has 0 spiro atoms. The van der Waals surface area contributed by atoms with Crippen molar-refractivity contribution in [3.8, 4) is 0 Å². The molecule has 2 aliphatic rings. The van der Waals surface area contributed by atoms with Crippen molar-refractivity contribution in [3.63, 3.8) is 0 Å². The van der Waals surface area contributed by atoms with E-state index in [0.29, 0.717) is 19.0 Å². The zero-order valence-corrected chi connectivity index (χ0v) is 14.9. The molecule has 0 aromatic carbocycles. The fraction of sp³-hybridized carbons (Fsp3) is 0.312. The number of aromatic nitrogens is 3. The Bertz CT molecular complexity index is 796. The number of ether oxygens (including phenoxy) is 1. The van der Waals surface area contributed by atoms with E-state index in [-0.39, 0.29) is 0 Å². The number of hydrogen-bond acceptors (Lipinski definition) is 8. The molecule has 4 rings (SSSR count). The molecule has 2 aromatic heterocycles. The van der Waals surface area contributed by atoms with Crippen LogP contribution < -0.4 is 15.3 Å². The van der Waals surface area contributed by atoms with Crippen LogP contribution in [-0.2, 0) is 4.74 Å². The third kappa shape index (κ3) is 3.30. The molecule has 2 aliphatic heterocycles. The number of halogens is 1. The molecule has 0 amide bonds. The maximum atomic E-state index is 10.7. The highest BCUT2D eigenvalue weighted by Gasteiger charge is 2.28. The minimum absolute atomic E-state index is 0.596. The summed E-state index contributed by atoms with van der Waals surface area (Å²) in [6, 6.07) is 3.77. The van der Waals surface area contributed by atoms with E-state index >= 15 is 0 Å². The molecule has 1 atom stereocenters. The maximum absolute atomic E-state index is 10.7. The molecular formula is C16H17BrN6O2. The number of aliphatic hydroxyl groups excluding tert-OH is 1. The highest BCUT2D eigenvalue weighted by Crippen LogP contribution is 2.29. The van der Waals surface area contributed by atoms with Crippen LogP contribution in [0.1, 0.15) is 5.56 Å². The number of pyridine rings is 1. The van der Waals surface area contributed by atoms with E-state index in [9.17, 15) is 5.11 Å². The second kappa shape index (κ2) is 6.95. The Morgan fingerprint density at radius 2 is 1.96 bits per heavy atom. The van der Waals surface area contributed by atoms with Gasteiger partial charge < -0.3 is 20.2 Å². The molecule has 25 heavy (non-hydrogen) atoms. The van der Waals surface area contributed by atoms with Gasteiger partial charge in [-0.25, -0.2) is 15.0 Å². The van der Waals surface area contributed by atoms with Crippen LogP contribution in [-0.4, -0.2) is 52.6 Å². The van der Waals surface area contributed by atoms with Gasteiger partial charge in [0, 0.05) is 53.4 Å². The lowest BCUT2D eigenvalue weighted by Crippen LogP contribution is -2.40. The smallest absolute Gasteiger partial charge is 0.175 e. The van der Waals surface area contributed by atoms with Gasteiger partial charge in [-0.15, -0.1) is 0 Å². The molecule has 0 saturated carbocycles. The normalized spacial score (nSPS) is 20.4. The molecular weight excluding hydrogens is 388 g/mol. The number of rotatable bonds is 3. The molecule has 0 bridgehead atoms. The van der Waals surface area contributed by atoms with Crippen molar-refractivity contribution in [3.05, 3.63) is 47.1 Å². The topological polar surface area (TPSA) is 86.6 Å². The first-order valence-corrected chi connectivity index (χ1v) is 8.71. The van der Waals surface area contributed by atoms with Gasteiger partial charge in [0.1, 0.15) is 12.1 Å². The molecule has 2 N–H and O–H groups in total. The minimum Gasteiger partial charge on any atom is -0.378 e. The summed E-state index contributed by atoms with van der Waals surface area (Å²) in [5.74, 6) is 1.41. The predicted octanol–water partition coefficient (Wildman–Crippen LogP) is 1.15. The van der Waals surface area contributed by atoms with Gasteiger partial charge in [0.05, 0.1) is 13.2 Å². The van der Waals surface area contributed by atoms with E-state index in [0.717, 1.165) is 34.5 Å². The molecule has 2 aromatic rings. The Labute approximate surface area is 153 Å². The lowest BCUT2D eigenvalue weighted by Gasteiger charge is -2.29. The number of aliphatic hydroxyl groups is 1. The van der Waals surface area contributed by atoms with Crippen molar-refractivity contribution in [2.75, 3.05) is 36.2 Å². The first-order chi connectivity index (χ1) is 12.2. The summed E-state index contributed by atoms with van der Waals surface area (Å²) in [7, 11) is 0. The van der Waals surface area contributed by atoms with Crippen molar-refractivity contribution in [1.82, 2.24) is 20.4 Å². The molecule has 8 nitrogen and oxygen atoms in total. The van der Waals surface area contributed by atoms with Crippen LogP contribution in [0.3, 0.4) is 0 Å². The van der Waals surface area contributed by atoms with E-state index < -0.39 is 6.23 Å². The minimum atomic E-state index is -0.872. The van der Waals surface area contributed by atoms with E-state index in [2.05, 4.69) is 41.2 Å². The van der Waals surface area contributed by atoms with Crippen molar-refractivity contribution in [1.29, 1.82) is 0 Å². The molecule has 1 fully saturated rings. The largest absolute Gasteiger partial charge is 0.378 e.